The van der Waals surface area contributed by atoms with Crippen LogP contribution < -0.4 is 5.73 Å². The van der Waals surface area contributed by atoms with E-state index < -0.39 is 0 Å². The highest BCUT2D eigenvalue weighted by molar-refractivity contribution is 5.34. The first-order valence-electron chi connectivity index (χ1n) is 4.78. The lowest BCUT2D eigenvalue weighted by atomic mass is 9.82. The molecule has 0 radical (unpaired) electrons. The van der Waals surface area contributed by atoms with Gasteiger partial charge in [0.15, 0.2) is 0 Å². The van der Waals surface area contributed by atoms with Crippen molar-refractivity contribution in [2.75, 3.05) is 0 Å². The maximum atomic E-state index is 8.66. The third-order valence-electron chi connectivity index (χ3n) is 2.84. The standard InChI is InChI=1S/C12H16N2/c1-9(2)12(3,14)11-6-4-10(8-13)5-7-11/h4-7,9H,14H2,1-3H3/t12-/m0/s1. The molecular weight excluding hydrogens is 172 g/mol. The molecule has 1 aromatic rings. The lowest BCUT2D eigenvalue weighted by Crippen LogP contribution is -2.38. The second kappa shape index (κ2) is 3.81. The van der Waals surface area contributed by atoms with E-state index in [1.54, 1.807) is 0 Å². The van der Waals surface area contributed by atoms with Crippen LogP contribution in [0, 0.1) is 17.2 Å². The van der Waals surface area contributed by atoms with Gasteiger partial charge >= 0.3 is 0 Å². The van der Waals surface area contributed by atoms with Gasteiger partial charge < -0.3 is 5.73 Å². The van der Waals surface area contributed by atoms with E-state index in [1.165, 1.54) is 0 Å². The maximum absolute atomic E-state index is 8.66. The van der Waals surface area contributed by atoms with Crippen LogP contribution in [0.1, 0.15) is 31.9 Å². The van der Waals surface area contributed by atoms with Crippen molar-refractivity contribution < 1.29 is 0 Å². The third-order valence-corrected chi connectivity index (χ3v) is 2.84. The molecule has 0 saturated heterocycles. The molecule has 0 bridgehead atoms. The van der Waals surface area contributed by atoms with Gasteiger partial charge in [-0.1, -0.05) is 26.0 Å². The quantitative estimate of drug-likeness (QED) is 0.774. The van der Waals surface area contributed by atoms with Crippen LogP contribution in [-0.4, -0.2) is 0 Å². The predicted molar refractivity (Wildman–Crippen MR) is 57.5 cm³/mol. The van der Waals surface area contributed by atoms with Crippen LogP contribution in [-0.2, 0) is 5.54 Å². The highest BCUT2D eigenvalue weighted by Crippen LogP contribution is 2.25. The van der Waals surface area contributed by atoms with Gasteiger partial charge in [-0.15, -0.1) is 0 Å². The maximum Gasteiger partial charge on any atom is 0.0991 e. The van der Waals surface area contributed by atoms with E-state index in [-0.39, 0.29) is 5.54 Å². The largest absolute Gasteiger partial charge is 0.321 e. The zero-order valence-electron chi connectivity index (χ0n) is 8.91. The van der Waals surface area contributed by atoms with Gasteiger partial charge in [-0.3, -0.25) is 0 Å². The zero-order valence-corrected chi connectivity index (χ0v) is 8.91. The van der Waals surface area contributed by atoms with Crippen molar-refractivity contribution in [3.8, 4) is 6.07 Å². The van der Waals surface area contributed by atoms with E-state index in [0.29, 0.717) is 11.5 Å². The van der Waals surface area contributed by atoms with Crippen LogP contribution in [0.3, 0.4) is 0 Å². The van der Waals surface area contributed by atoms with Crippen molar-refractivity contribution in [1.29, 1.82) is 5.26 Å². The van der Waals surface area contributed by atoms with Crippen LogP contribution in [0.15, 0.2) is 24.3 Å². The summed E-state index contributed by atoms with van der Waals surface area (Å²) in [5.41, 5.74) is 7.61. The molecule has 0 aliphatic carbocycles. The Labute approximate surface area is 85.4 Å². The summed E-state index contributed by atoms with van der Waals surface area (Å²) in [4.78, 5) is 0. The zero-order chi connectivity index (χ0) is 10.8. The highest BCUT2D eigenvalue weighted by atomic mass is 14.7. The molecule has 1 aromatic carbocycles. The molecule has 0 heterocycles. The fourth-order valence-corrected chi connectivity index (χ4v) is 1.24. The Morgan fingerprint density at radius 2 is 1.79 bits per heavy atom. The van der Waals surface area contributed by atoms with Crippen molar-refractivity contribution in [3.05, 3.63) is 35.4 Å². The van der Waals surface area contributed by atoms with E-state index >= 15 is 0 Å². The lowest BCUT2D eigenvalue weighted by Gasteiger charge is -2.29. The first-order chi connectivity index (χ1) is 6.48. The Hall–Kier alpha value is -1.33. The molecule has 0 saturated carbocycles. The monoisotopic (exact) mass is 188 g/mol. The highest BCUT2D eigenvalue weighted by Gasteiger charge is 2.24. The topological polar surface area (TPSA) is 49.8 Å². The number of nitrogens with two attached hydrogens (primary N) is 1. The summed E-state index contributed by atoms with van der Waals surface area (Å²) in [5, 5.41) is 8.66. The van der Waals surface area contributed by atoms with Crippen molar-refractivity contribution in [2.24, 2.45) is 11.7 Å². The van der Waals surface area contributed by atoms with Crippen molar-refractivity contribution in [1.82, 2.24) is 0 Å². The second-order valence-electron chi connectivity index (χ2n) is 4.13. The number of rotatable bonds is 2. The molecule has 0 unspecified atom stereocenters. The summed E-state index contributed by atoms with van der Waals surface area (Å²) < 4.78 is 0. The van der Waals surface area contributed by atoms with Gasteiger partial charge in [0.25, 0.3) is 0 Å². The Morgan fingerprint density at radius 3 is 2.14 bits per heavy atom. The van der Waals surface area contributed by atoms with Crippen LogP contribution in [0.2, 0.25) is 0 Å². The van der Waals surface area contributed by atoms with Gasteiger partial charge in [-0.05, 0) is 30.5 Å². The minimum Gasteiger partial charge on any atom is -0.321 e. The molecule has 14 heavy (non-hydrogen) atoms. The number of benzene rings is 1. The summed E-state index contributed by atoms with van der Waals surface area (Å²) >= 11 is 0. The second-order valence-corrected chi connectivity index (χ2v) is 4.13. The Kier molecular flexibility index (Phi) is 2.93. The van der Waals surface area contributed by atoms with Gasteiger partial charge in [-0.25, -0.2) is 0 Å². The molecule has 0 amide bonds. The Morgan fingerprint density at radius 1 is 1.29 bits per heavy atom. The van der Waals surface area contributed by atoms with Gasteiger partial charge in [0.05, 0.1) is 11.6 Å². The van der Waals surface area contributed by atoms with Crippen molar-refractivity contribution in [2.45, 2.75) is 26.3 Å². The van der Waals surface area contributed by atoms with Gasteiger partial charge in [-0.2, -0.15) is 5.26 Å². The van der Waals surface area contributed by atoms with Crippen molar-refractivity contribution >= 4 is 0 Å². The molecule has 0 aromatic heterocycles. The summed E-state index contributed by atoms with van der Waals surface area (Å²) in [7, 11) is 0. The summed E-state index contributed by atoms with van der Waals surface area (Å²) in [6.07, 6.45) is 0. The van der Waals surface area contributed by atoms with Gasteiger partial charge in [0.1, 0.15) is 0 Å². The molecule has 0 aliphatic rings. The normalized spacial score (nSPS) is 14.9. The van der Waals surface area contributed by atoms with Gasteiger partial charge in [0, 0.05) is 5.54 Å². The van der Waals surface area contributed by atoms with Crippen LogP contribution in [0.5, 0.6) is 0 Å². The minimum absolute atomic E-state index is 0.325. The number of hydrogen-bond acceptors (Lipinski definition) is 2. The van der Waals surface area contributed by atoms with E-state index in [9.17, 15) is 0 Å². The van der Waals surface area contributed by atoms with Crippen LogP contribution >= 0.6 is 0 Å². The van der Waals surface area contributed by atoms with E-state index in [1.807, 2.05) is 31.2 Å². The molecule has 1 rings (SSSR count). The van der Waals surface area contributed by atoms with E-state index in [4.69, 9.17) is 11.0 Å². The molecule has 74 valence electrons. The summed E-state index contributed by atoms with van der Waals surface area (Å²) in [5.74, 6) is 0.371. The first-order valence-corrected chi connectivity index (χ1v) is 4.78. The van der Waals surface area contributed by atoms with Crippen molar-refractivity contribution in [3.63, 3.8) is 0 Å². The molecule has 1 atom stereocenters. The first kappa shape index (κ1) is 10.7. The lowest BCUT2D eigenvalue weighted by molar-refractivity contribution is 0.350. The molecule has 2 nitrogen and oxygen atoms in total. The average Bonchev–Trinajstić information content (AvgIpc) is 2.17. The summed E-state index contributed by atoms with van der Waals surface area (Å²) in [6, 6.07) is 9.57. The van der Waals surface area contributed by atoms with Gasteiger partial charge in [0.2, 0.25) is 0 Å². The Bertz CT molecular complexity index is 342. The van der Waals surface area contributed by atoms with Crippen LogP contribution in [0.25, 0.3) is 0 Å². The molecule has 0 spiro atoms. The fraction of sp³-hybridized carbons (Fsp3) is 0.417. The average molecular weight is 188 g/mol. The molecular formula is C12H16N2. The third kappa shape index (κ3) is 1.94. The minimum atomic E-state index is -0.325. The van der Waals surface area contributed by atoms with Crippen LogP contribution in [0.4, 0.5) is 0 Å². The smallest absolute Gasteiger partial charge is 0.0991 e. The molecule has 2 heteroatoms. The summed E-state index contributed by atoms with van der Waals surface area (Å²) in [6.45, 7) is 6.20. The molecule has 2 N–H and O–H groups in total. The fourth-order valence-electron chi connectivity index (χ4n) is 1.24. The van der Waals surface area contributed by atoms with E-state index in [2.05, 4.69) is 19.9 Å². The number of nitriles is 1. The molecule has 0 fully saturated rings. The van der Waals surface area contributed by atoms with E-state index in [0.717, 1.165) is 5.56 Å². The molecule has 0 aliphatic heterocycles. The predicted octanol–water partition coefficient (Wildman–Crippen LogP) is 2.39. The number of hydrogen-bond donors (Lipinski definition) is 1. The number of nitrogens with zero attached hydrogens (tertiary/aromatic N) is 1. The SMILES string of the molecule is CC(C)[C@](C)(N)c1ccc(C#N)cc1. The Balaban J connectivity index is 3.04.